The van der Waals surface area contributed by atoms with Crippen LogP contribution in [0.4, 0.5) is 5.69 Å². The van der Waals surface area contributed by atoms with E-state index in [1.807, 2.05) is 0 Å². The zero-order chi connectivity index (χ0) is 22.0. The molecule has 0 spiro atoms. The fourth-order valence-corrected chi connectivity index (χ4v) is 3.26. The number of fused-ring (bicyclic) bond motifs is 1. The molecular formula is C20H20N8O3. The van der Waals surface area contributed by atoms with Crippen molar-refractivity contribution in [3.05, 3.63) is 70.3 Å². The number of aromatic amines is 1. The van der Waals surface area contributed by atoms with Gasteiger partial charge in [-0.05, 0) is 38.1 Å². The third-order valence-corrected chi connectivity index (χ3v) is 4.82. The van der Waals surface area contributed by atoms with E-state index in [4.69, 9.17) is 0 Å². The third kappa shape index (κ3) is 4.34. The van der Waals surface area contributed by atoms with Crippen LogP contribution in [0.2, 0.25) is 0 Å². The second kappa shape index (κ2) is 8.22. The highest BCUT2D eigenvalue weighted by Crippen LogP contribution is 2.14. The minimum atomic E-state index is -0.349. The average molecular weight is 420 g/mol. The fraction of sp³-hybridized carbons (Fsp3) is 0.200. The van der Waals surface area contributed by atoms with Crippen molar-refractivity contribution in [1.82, 2.24) is 34.7 Å². The molecule has 0 bridgehead atoms. The molecule has 158 valence electrons. The molecule has 3 heterocycles. The minimum absolute atomic E-state index is 0.0424. The van der Waals surface area contributed by atoms with E-state index in [0.717, 1.165) is 11.4 Å². The Morgan fingerprint density at radius 1 is 1.13 bits per heavy atom. The molecule has 0 radical (unpaired) electrons. The van der Waals surface area contributed by atoms with Gasteiger partial charge < -0.3 is 10.6 Å². The Morgan fingerprint density at radius 3 is 2.61 bits per heavy atom. The van der Waals surface area contributed by atoms with Gasteiger partial charge in [0, 0.05) is 28.7 Å². The standard InChI is InChI=1S/C20H20N8O3/c1-12-16(13(2)28-17(24-12)8-19(30)26-28)7-18(29)22-9-20(31)25-14-3-5-15(6-4-14)27-11-21-10-23-27/h3-6,8,10-11H,7,9H2,1-2H3,(H,22,29)(H,25,31)(H,26,30). The number of nitrogens with one attached hydrogen (secondary N) is 3. The molecule has 0 aliphatic carbocycles. The SMILES string of the molecule is Cc1nc2cc(=O)[nH]n2c(C)c1CC(=O)NCC(=O)Nc1ccc(-n2cncn2)cc1. The molecule has 1 aromatic carbocycles. The quantitative estimate of drug-likeness (QED) is 0.416. The molecule has 0 aliphatic rings. The first-order valence-corrected chi connectivity index (χ1v) is 9.50. The number of carbonyl (C=O) groups excluding carboxylic acids is 2. The lowest BCUT2D eigenvalue weighted by Crippen LogP contribution is -2.34. The van der Waals surface area contributed by atoms with Crippen molar-refractivity contribution < 1.29 is 9.59 Å². The van der Waals surface area contributed by atoms with Crippen molar-refractivity contribution in [2.45, 2.75) is 20.3 Å². The maximum Gasteiger partial charge on any atom is 0.266 e. The normalized spacial score (nSPS) is 10.9. The van der Waals surface area contributed by atoms with Gasteiger partial charge in [-0.3, -0.25) is 19.5 Å². The zero-order valence-corrected chi connectivity index (χ0v) is 16.9. The van der Waals surface area contributed by atoms with Crippen molar-refractivity contribution in [2.24, 2.45) is 0 Å². The van der Waals surface area contributed by atoms with Crippen LogP contribution < -0.4 is 16.2 Å². The molecular weight excluding hydrogens is 400 g/mol. The number of anilines is 1. The lowest BCUT2D eigenvalue weighted by atomic mass is 10.1. The molecule has 3 N–H and O–H groups in total. The lowest BCUT2D eigenvalue weighted by Gasteiger charge is -2.12. The first-order valence-electron chi connectivity index (χ1n) is 9.50. The van der Waals surface area contributed by atoms with E-state index in [9.17, 15) is 14.4 Å². The van der Waals surface area contributed by atoms with Gasteiger partial charge in [0.2, 0.25) is 11.8 Å². The number of aryl methyl sites for hydroxylation is 2. The summed E-state index contributed by atoms with van der Waals surface area (Å²) in [7, 11) is 0. The fourth-order valence-electron chi connectivity index (χ4n) is 3.26. The summed E-state index contributed by atoms with van der Waals surface area (Å²) >= 11 is 0. The Morgan fingerprint density at radius 2 is 1.90 bits per heavy atom. The van der Waals surface area contributed by atoms with Gasteiger partial charge in [0.05, 0.1) is 18.7 Å². The highest BCUT2D eigenvalue weighted by Gasteiger charge is 2.15. The highest BCUT2D eigenvalue weighted by molar-refractivity contribution is 5.94. The molecule has 11 heteroatoms. The average Bonchev–Trinajstić information content (AvgIpc) is 3.40. The topological polar surface area (TPSA) is 139 Å². The number of rotatable bonds is 6. The summed E-state index contributed by atoms with van der Waals surface area (Å²) in [5, 5.41) is 12.0. The summed E-state index contributed by atoms with van der Waals surface area (Å²) in [5.74, 6) is -0.669. The number of amides is 2. The number of H-pyrrole nitrogens is 1. The Balaban J connectivity index is 1.34. The van der Waals surface area contributed by atoms with Crippen molar-refractivity contribution in [3.63, 3.8) is 0 Å². The van der Waals surface area contributed by atoms with Crippen molar-refractivity contribution in [1.29, 1.82) is 0 Å². The van der Waals surface area contributed by atoms with Crippen LogP contribution in [0.3, 0.4) is 0 Å². The van der Waals surface area contributed by atoms with Crippen LogP contribution in [-0.2, 0) is 16.0 Å². The Labute approximate surface area is 176 Å². The van der Waals surface area contributed by atoms with Gasteiger partial charge in [0.25, 0.3) is 5.56 Å². The molecule has 0 saturated heterocycles. The van der Waals surface area contributed by atoms with Gasteiger partial charge in [-0.1, -0.05) is 0 Å². The highest BCUT2D eigenvalue weighted by atomic mass is 16.2. The van der Waals surface area contributed by atoms with Crippen molar-refractivity contribution in [2.75, 3.05) is 11.9 Å². The summed E-state index contributed by atoms with van der Waals surface area (Å²) in [4.78, 5) is 44.3. The van der Waals surface area contributed by atoms with E-state index < -0.39 is 0 Å². The van der Waals surface area contributed by atoms with Crippen LogP contribution in [0.15, 0.2) is 47.8 Å². The number of hydrogen-bond donors (Lipinski definition) is 3. The molecule has 0 unspecified atom stereocenters. The predicted octanol–water partition coefficient (Wildman–Crippen LogP) is 0.518. The number of hydrogen-bond acceptors (Lipinski definition) is 6. The monoisotopic (exact) mass is 420 g/mol. The van der Waals surface area contributed by atoms with Gasteiger partial charge in [0.15, 0.2) is 5.65 Å². The number of aromatic nitrogens is 6. The van der Waals surface area contributed by atoms with Crippen molar-refractivity contribution in [3.8, 4) is 5.69 Å². The van der Waals surface area contributed by atoms with Crippen LogP contribution in [0, 0.1) is 13.8 Å². The van der Waals surface area contributed by atoms with Crippen molar-refractivity contribution >= 4 is 23.1 Å². The predicted molar refractivity (Wildman–Crippen MR) is 112 cm³/mol. The molecule has 0 saturated carbocycles. The molecule has 4 aromatic rings. The van der Waals surface area contributed by atoms with E-state index in [1.54, 1.807) is 53.6 Å². The molecule has 4 rings (SSSR count). The summed E-state index contributed by atoms with van der Waals surface area (Å²) in [6, 6.07) is 8.46. The third-order valence-electron chi connectivity index (χ3n) is 4.82. The molecule has 3 aromatic heterocycles. The summed E-state index contributed by atoms with van der Waals surface area (Å²) in [5.41, 5.74) is 3.72. The largest absolute Gasteiger partial charge is 0.347 e. The van der Waals surface area contributed by atoms with E-state index in [0.29, 0.717) is 22.6 Å². The molecule has 11 nitrogen and oxygen atoms in total. The molecule has 31 heavy (non-hydrogen) atoms. The van der Waals surface area contributed by atoms with E-state index in [-0.39, 0.29) is 30.3 Å². The van der Waals surface area contributed by atoms with Crippen LogP contribution in [-0.4, -0.2) is 47.7 Å². The summed E-state index contributed by atoms with van der Waals surface area (Å²) < 4.78 is 3.15. The second-order valence-electron chi connectivity index (χ2n) is 6.96. The maximum atomic E-state index is 12.4. The van der Waals surface area contributed by atoms with Gasteiger partial charge in [0.1, 0.15) is 12.7 Å². The van der Waals surface area contributed by atoms with E-state index in [2.05, 4.69) is 30.8 Å². The van der Waals surface area contributed by atoms with Crippen LogP contribution in [0.5, 0.6) is 0 Å². The summed E-state index contributed by atoms with van der Waals surface area (Å²) in [6.45, 7) is 3.41. The van der Waals surface area contributed by atoms with Crippen LogP contribution in [0.1, 0.15) is 17.0 Å². The Bertz CT molecular complexity index is 1300. The summed E-state index contributed by atoms with van der Waals surface area (Å²) in [6.07, 6.45) is 3.06. The Hall–Kier alpha value is -4.28. The molecule has 0 aliphatic heterocycles. The van der Waals surface area contributed by atoms with Gasteiger partial charge in [-0.25, -0.2) is 19.2 Å². The van der Waals surface area contributed by atoms with Crippen LogP contribution >= 0.6 is 0 Å². The Kier molecular flexibility index (Phi) is 5.31. The first-order chi connectivity index (χ1) is 14.9. The lowest BCUT2D eigenvalue weighted by molar-refractivity contribution is -0.123. The maximum absolute atomic E-state index is 12.4. The molecule has 2 amide bonds. The van der Waals surface area contributed by atoms with E-state index >= 15 is 0 Å². The van der Waals surface area contributed by atoms with E-state index in [1.165, 1.54) is 12.4 Å². The zero-order valence-electron chi connectivity index (χ0n) is 16.9. The van der Waals surface area contributed by atoms with Crippen LogP contribution in [0.25, 0.3) is 11.3 Å². The minimum Gasteiger partial charge on any atom is -0.347 e. The van der Waals surface area contributed by atoms with Gasteiger partial charge in [-0.2, -0.15) is 5.10 Å². The number of benzene rings is 1. The number of nitrogens with zero attached hydrogens (tertiary/aromatic N) is 5. The first kappa shape index (κ1) is 20.0. The smallest absolute Gasteiger partial charge is 0.266 e. The molecule has 0 atom stereocenters. The second-order valence-corrected chi connectivity index (χ2v) is 6.96. The van der Waals surface area contributed by atoms with Gasteiger partial charge in [-0.15, -0.1) is 0 Å². The van der Waals surface area contributed by atoms with Gasteiger partial charge >= 0.3 is 0 Å². The molecule has 0 fully saturated rings. The number of carbonyl (C=O) groups is 2.